The van der Waals surface area contributed by atoms with Gasteiger partial charge in [-0.25, -0.2) is 4.39 Å². The van der Waals surface area contributed by atoms with Gasteiger partial charge in [-0.05, 0) is 118 Å². The Hall–Kier alpha value is -1.90. The molecule has 0 spiro atoms. The molecule has 0 bridgehead atoms. The molecule has 0 radical (unpaired) electrons. The van der Waals surface area contributed by atoms with Gasteiger partial charge in [0.05, 0.1) is 6.61 Å². The third-order valence-electron chi connectivity index (χ3n) is 8.31. The second-order valence-electron chi connectivity index (χ2n) is 10.1. The van der Waals surface area contributed by atoms with Crippen LogP contribution >= 0.6 is 0 Å². The zero-order valence-corrected chi connectivity index (χ0v) is 19.9. The van der Waals surface area contributed by atoms with E-state index in [1.165, 1.54) is 51.4 Å². The van der Waals surface area contributed by atoms with Crippen molar-refractivity contribution in [1.82, 2.24) is 0 Å². The summed E-state index contributed by atoms with van der Waals surface area (Å²) in [5.74, 6) is 1.89. The van der Waals surface area contributed by atoms with Crippen LogP contribution in [-0.2, 0) is 0 Å². The van der Waals surface area contributed by atoms with Gasteiger partial charge in [0, 0.05) is 5.39 Å². The summed E-state index contributed by atoms with van der Waals surface area (Å²) in [4.78, 5) is 0. The predicted octanol–water partition coefficient (Wildman–Crippen LogP) is 8.81. The van der Waals surface area contributed by atoms with E-state index in [9.17, 15) is 8.78 Å². The lowest BCUT2D eigenvalue weighted by Crippen LogP contribution is -2.27. The Labute approximate surface area is 192 Å². The highest BCUT2D eigenvalue weighted by molar-refractivity contribution is 5.85. The topological polar surface area (TPSA) is 9.23 Å². The summed E-state index contributed by atoms with van der Waals surface area (Å²) in [6.45, 7) is 6.48. The summed E-state index contributed by atoms with van der Waals surface area (Å²) in [5.41, 5.74) is 1.12. The average Bonchev–Trinajstić information content (AvgIpc) is 2.83. The van der Waals surface area contributed by atoms with Crippen LogP contribution in [0, 0.1) is 35.3 Å². The van der Waals surface area contributed by atoms with Crippen LogP contribution < -0.4 is 4.74 Å². The minimum Gasteiger partial charge on any atom is -0.491 e. The van der Waals surface area contributed by atoms with Crippen molar-refractivity contribution in [2.24, 2.45) is 23.7 Å². The molecule has 1 atom stereocenters. The Morgan fingerprint density at radius 1 is 0.938 bits per heavy atom. The highest BCUT2D eigenvalue weighted by Gasteiger charge is 2.32. The third kappa shape index (κ3) is 4.87. The van der Waals surface area contributed by atoms with Crippen molar-refractivity contribution in [2.75, 3.05) is 6.61 Å². The normalized spacial score (nSPS) is 27.7. The number of hydrogen-bond donors (Lipinski definition) is 0. The van der Waals surface area contributed by atoms with E-state index >= 15 is 0 Å². The minimum absolute atomic E-state index is 0.00336. The first-order chi connectivity index (χ1) is 15.5. The molecule has 0 N–H and O–H groups in total. The highest BCUT2D eigenvalue weighted by atomic mass is 19.2. The van der Waals surface area contributed by atoms with E-state index in [0.717, 1.165) is 23.3 Å². The van der Waals surface area contributed by atoms with E-state index in [1.807, 2.05) is 12.1 Å². The summed E-state index contributed by atoms with van der Waals surface area (Å²) < 4.78 is 34.4. The Kier molecular flexibility index (Phi) is 7.53. The van der Waals surface area contributed by atoms with Crippen molar-refractivity contribution in [1.29, 1.82) is 0 Å². The molecule has 3 heteroatoms. The predicted molar refractivity (Wildman–Crippen MR) is 129 cm³/mol. The molecule has 2 aromatic carbocycles. The molecule has 0 heterocycles. The molecular weight excluding hydrogens is 402 g/mol. The van der Waals surface area contributed by atoms with E-state index in [2.05, 4.69) is 32.1 Å². The van der Waals surface area contributed by atoms with Crippen molar-refractivity contribution in [3.8, 4) is 5.75 Å². The van der Waals surface area contributed by atoms with Gasteiger partial charge in [0.25, 0.3) is 0 Å². The molecule has 0 saturated heterocycles. The number of fused-ring (bicyclic) bond motifs is 1. The van der Waals surface area contributed by atoms with Crippen LogP contribution in [0.25, 0.3) is 10.8 Å². The number of ether oxygens (including phenoxy) is 1. The van der Waals surface area contributed by atoms with Crippen LogP contribution in [0.5, 0.6) is 5.75 Å². The molecule has 2 aliphatic carbocycles. The summed E-state index contributed by atoms with van der Waals surface area (Å²) >= 11 is 0. The molecule has 174 valence electrons. The summed E-state index contributed by atoms with van der Waals surface area (Å²) in [7, 11) is 0. The van der Waals surface area contributed by atoms with Crippen LogP contribution in [0.4, 0.5) is 8.78 Å². The lowest BCUT2D eigenvalue weighted by atomic mass is 9.67. The van der Waals surface area contributed by atoms with E-state index in [4.69, 9.17) is 4.74 Å². The second kappa shape index (κ2) is 10.4. The van der Waals surface area contributed by atoms with Crippen molar-refractivity contribution in [3.63, 3.8) is 0 Å². The minimum atomic E-state index is -0.881. The standard InChI is InChI=1S/C29H38F2O/c1-4-6-20-7-9-22(10-8-20)23-13-11-21(12-14-23)19(3)24-15-16-25-18-27(32-5-2)29(31)28(30)26(25)17-24/h4,6,15-23H,5,7-14H2,1-3H3/b6-4+. The largest absolute Gasteiger partial charge is 0.491 e. The number of benzene rings is 2. The van der Waals surface area contributed by atoms with Crippen molar-refractivity contribution < 1.29 is 13.5 Å². The summed E-state index contributed by atoms with van der Waals surface area (Å²) in [6, 6.07) is 7.49. The fraction of sp³-hybridized carbons (Fsp3) is 0.586. The van der Waals surface area contributed by atoms with Crippen LogP contribution in [0.2, 0.25) is 0 Å². The maximum Gasteiger partial charge on any atom is 0.201 e. The van der Waals surface area contributed by atoms with Gasteiger partial charge in [0.1, 0.15) is 0 Å². The molecule has 2 aromatic rings. The SMILES string of the molecule is C/C=C/C1CCC(C2CCC(C(C)c3ccc4cc(OCC)c(F)c(F)c4c3)CC2)CC1. The maximum atomic E-state index is 14.7. The van der Waals surface area contributed by atoms with Crippen molar-refractivity contribution in [3.05, 3.63) is 53.6 Å². The maximum absolute atomic E-state index is 14.7. The third-order valence-corrected chi connectivity index (χ3v) is 8.31. The monoisotopic (exact) mass is 440 g/mol. The zero-order chi connectivity index (χ0) is 22.7. The molecule has 0 amide bonds. The Bertz CT molecular complexity index is 934. The Balaban J connectivity index is 1.40. The van der Waals surface area contributed by atoms with Gasteiger partial charge in [-0.15, -0.1) is 0 Å². The average molecular weight is 441 g/mol. The summed E-state index contributed by atoms with van der Waals surface area (Å²) in [5, 5.41) is 1.06. The number of allylic oxidation sites excluding steroid dienone is 2. The molecule has 1 nitrogen and oxygen atoms in total. The fourth-order valence-electron chi connectivity index (χ4n) is 6.33. The molecule has 32 heavy (non-hydrogen) atoms. The van der Waals surface area contributed by atoms with Crippen LogP contribution in [0.1, 0.15) is 83.6 Å². The molecule has 0 aromatic heterocycles. The first-order valence-corrected chi connectivity index (χ1v) is 12.7. The van der Waals surface area contributed by atoms with Gasteiger partial charge in [-0.3, -0.25) is 0 Å². The van der Waals surface area contributed by atoms with Crippen molar-refractivity contribution in [2.45, 2.75) is 78.1 Å². The smallest absolute Gasteiger partial charge is 0.201 e. The van der Waals surface area contributed by atoms with E-state index in [0.29, 0.717) is 29.2 Å². The second-order valence-corrected chi connectivity index (χ2v) is 10.1. The van der Waals surface area contributed by atoms with Crippen LogP contribution in [0.15, 0.2) is 36.4 Å². The molecule has 2 fully saturated rings. The van der Waals surface area contributed by atoms with Gasteiger partial charge in [-0.2, -0.15) is 4.39 Å². The lowest BCUT2D eigenvalue weighted by molar-refractivity contribution is 0.148. The summed E-state index contributed by atoms with van der Waals surface area (Å²) in [6.07, 6.45) is 15.2. The van der Waals surface area contributed by atoms with Gasteiger partial charge < -0.3 is 4.74 Å². The van der Waals surface area contributed by atoms with E-state index < -0.39 is 11.6 Å². The lowest BCUT2D eigenvalue weighted by Gasteiger charge is -2.39. The van der Waals surface area contributed by atoms with E-state index in [1.54, 1.807) is 13.0 Å². The quantitative estimate of drug-likeness (QED) is 0.408. The molecule has 1 unspecified atom stereocenters. The Morgan fingerprint density at radius 2 is 1.59 bits per heavy atom. The molecule has 4 rings (SSSR count). The molecule has 2 aliphatic rings. The highest BCUT2D eigenvalue weighted by Crippen LogP contribution is 2.45. The first-order valence-electron chi connectivity index (χ1n) is 12.7. The van der Waals surface area contributed by atoms with Gasteiger partial charge in [0.2, 0.25) is 5.82 Å². The van der Waals surface area contributed by atoms with Crippen LogP contribution in [-0.4, -0.2) is 6.61 Å². The molecular formula is C29H38F2O. The number of halogens is 2. The van der Waals surface area contributed by atoms with Crippen LogP contribution in [0.3, 0.4) is 0 Å². The first kappa shape index (κ1) is 23.3. The zero-order valence-electron chi connectivity index (χ0n) is 19.9. The number of rotatable bonds is 6. The van der Waals surface area contributed by atoms with Gasteiger partial charge in [-0.1, -0.05) is 31.2 Å². The molecule has 0 aliphatic heterocycles. The van der Waals surface area contributed by atoms with Gasteiger partial charge in [0.15, 0.2) is 11.6 Å². The fourth-order valence-corrected chi connectivity index (χ4v) is 6.33. The molecule has 2 saturated carbocycles. The Morgan fingerprint density at radius 3 is 2.22 bits per heavy atom. The van der Waals surface area contributed by atoms with E-state index in [-0.39, 0.29) is 5.75 Å². The van der Waals surface area contributed by atoms with Crippen molar-refractivity contribution >= 4 is 10.8 Å². The number of hydrogen-bond acceptors (Lipinski definition) is 1. The van der Waals surface area contributed by atoms with Gasteiger partial charge >= 0.3 is 0 Å².